The van der Waals surface area contributed by atoms with E-state index in [1.165, 1.54) is 0 Å². The van der Waals surface area contributed by atoms with E-state index in [1.807, 2.05) is 0 Å². The average Bonchev–Trinajstić information content (AvgIpc) is 1.30. The first kappa shape index (κ1) is 3.09. The van der Waals surface area contributed by atoms with Crippen LogP contribution in [-0.2, 0) is 0 Å². The van der Waals surface area contributed by atoms with E-state index in [2.05, 4.69) is 23.0 Å². The molecule has 1 aliphatic rings. The largest absolute Gasteiger partial charge is 0.345 e. The van der Waals surface area contributed by atoms with E-state index in [4.69, 9.17) is 0 Å². The molecule has 0 radical (unpaired) electrons. The minimum Gasteiger partial charge on any atom is -0.345 e. The van der Waals surface area contributed by atoms with Crippen molar-refractivity contribution >= 4 is 11.9 Å². The van der Waals surface area contributed by atoms with Crippen molar-refractivity contribution in [1.29, 1.82) is 0 Å². The van der Waals surface area contributed by atoms with Gasteiger partial charge in [-0.25, -0.2) is 0 Å². The van der Waals surface area contributed by atoms with E-state index in [1.54, 1.807) is 0 Å². The quantitative estimate of drug-likeness (QED) is 0.418. The second-order valence-electron chi connectivity index (χ2n) is 1.06. The van der Waals surface area contributed by atoms with Gasteiger partial charge in [0.1, 0.15) is 0 Å². The van der Waals surface area contributed by atoms with E-state index in [9.17, 15) is 0 Å². The molecule has 0 aromatic rings. The Morgan fingerprint density at radius 1 is 1.80 bits per heavy atom. The van der Waals surface area contributed by atoms with Crippen molar-refractivity contribution in [3.8, 4) is 0 Å². The van der Waals surface area contributed by atoms with Crippen LogP contribution in [0.25, 0.3) is 0 Å². The Labute approximate surface area is 35.8 Å². The minimum atomic E-state index is 0.948. The van der Waals surface area contributed by atoms with Crippen molar-refractivity contribution in [3.63, 3.8) is 0 Å². The fraction of sp³-hybridized carbons (Fsp3) is 0.333. The molecule has 0 unspecified atom stereocenters. The third-order valence-corrected chi connectivity index (χ3v) is 1.43. The Balaban J connectivity index is 2.39. The average molecular weight is 89.2 g/mol. The number of hydrogen-bond acceptors (Lipinski definition) is 1. The molecule has 2 heteroatoms. The monoisotopic (exact) mass is 89.0 g/mol. The normalized spacial score (nSPS) is 27.0. The van der Waals surface area contributed by atoms with E-state index in [-0.39, 0.29) is 0 Å². The molecule has 0 aromatic heterocycles. The molecule has 0 aromatic carbocycles. The molecule has 0 atom stereocenters. The number of nitrogens with zero attached hydrogens (tertiary/aromatic N) is 1. The van der Waals surface area contributed by atoms with Crippen molar-refractivity contribution in [2.45, 2.75) is 0 Å². The van der Waals surface area contributed by atoms with Crippen LogP contribution in [0.3, 0.4) is 0 Å². The van der Waals surface area contributed by atoms with Crippen LogP contribution in [0.2, 0.25) is 0 Å². The SMILES string of the molecule is CN1C=C[SH2]1. The summed E-state index contributed by atoms with van der Waals surface area (Å²) in [6.07, 6.45) is 2.07. The number of rotatable bonds is 0. The summed E-state index contributed by atoms with van der Waals surface area (Å²) in [7, 11) is 2.07. The lowest BCUT2D eigenvalue weighted by Gasteiger charge is -2.20. The molecule has 30 valence electrons. The molecule has 0 bridgehead atoms. The predicted molar refractivity (Wildman–Crippen MR) is 27.3 cm³/mol. The topological polar surface area (TPSA) is 3.24 Å². The molecule has 1 rings (SSSR count). The highest BCUT2D eigenvalue weighted by molar-refractivity contribution is 8.01. The van der Waals surface area contributed by atoms with E-state index in [0.717, 1.165) is 11.9 Å². The van der Waals surface area contributed by atoms with Gasteiger partial charge in [0.05, 0.1) is 0 Å². The molecule has 1 nitrogen and oxygen atoms in total. The Morgan fingerprint density at radius 3 is 2.20 bits per heavy atom. The molecule has 0 amide bonds. The van der Waals surface area contributed by atoms with Crippen molar-refractivity contribution in [2.24, 2.45) is 0 Å². The number of hydrogen-bond donors (Lipinski definition) is 0. The first-order valence-corrected chi connectivity index (χ1v) is 2.58. The lowest BCUT2D eigenvalue weighted by molar-refractivity contribution is 0.761. The van der Waals surface area contributed by atoms with Gasteiger partial charge in [0.15, 0.2) is 0 Å². The Morgan fingerprint density at radius 2 is 2.20 bits per heavy atom. The first-order chi connectivity index (χ1) is 2.39. The molecule has 0 spiro atoms. The van der Waals surface area contributed by atoms with Gasteiger partial charge in [0.2, 0.25) is 0 Å². The van der Waals surface area contributed by atoms with Crippen LogP contribution >= 0.6 is 11.9 Å². The summed E-state index contributed by atoms with van der Waals surface area (Å²) in [5.41, 5.74) is 0. The lowest BCUT2D eigenvalue weighted by atomic mass is 11.0. The van der Waals surface area contributed by atoms with Gasteiger partial charge in [-0.15, -0.1) is 0 Å². The lowest BCUT2D eigenvalue weighted by Crippen LogP contribution is -2.02. The third kappa shape index (κ3) is 0.401. The Hall–Kier alpha value is -0.110. The molecule has 0 saturated heterocycles. The highest BCUT2D eigenvalue weighted by Crippen LogP contribution is 2.17. The van der Waals surface area contributed by atoms with Crippen molar-refractivity contribution in [1.82, 2.24) is 4.31 Å². The van der Waals surface area contributed by atoms with Crippen LogP contribution in [0.4, 0.5) is 0 Å². The molecule has 0 saturated carbocycles. The van der Waals surface area contributed by atoms with Gasteiger partial charge in [0, 0.05) is 13.2 Å². The Bertz CT molecular complexity index is 59.9. The van der Waals surface area contributed by atoms with Gasteiger partial charge in [-0.1, -0.05) is 0 Å². The highest BCUT2D eigenvalue weighted by atomic mass is 32.2. The summed E-state index contributed by atoms with van der Waals surface area (Å²) in [4.78, 5) is 0. The Kier molecular flexibility index (Phi) is 0.580. The van der Waals surface area contributed by atoms with Crippen molar-refractivity contribution in [3.05, 3.63) is 11.6 Å². The van der Waals surface area contributed by atoms with E-state index in [0.29, 0.717) is 0 Å². The molecule has 1 aliphatic heterocycles. The van der Waals surface area contributed by atoms with Crippen LogP contribution in [0.15, 0.2) is 11.6 Å². The highest BCUT2D eigenvalue weighted by Gasteiger charge is 1.88. The zero-order valence-corrected chi connectivity index (χ0v) is 4.10. The van der Waals surface area contributed by atoms with Gasteiger partial charge < -0.3 is 4.31 Å². The van der Waals surface area contributed by atoms with Crippen LogP contribution < -0.4 is 0 Å². The van der Waals surface area contributed by atoms with Crippen molar-refractivity contribution < 1.29 is 0 Å². The second-order valence-corrected chi connectivity index (χ2v) is 2.35. The maximum Gasteiger partial charge on any atom is 0.0158 e. The fourth-order valence-corrected chi connectivity index (χ4v) is 0.671. The molecule has 5 heavy (non-hydrogen) atoms. The van der Waals surface area contributed by atoms with Crippen LogP contribution in [0.5, 0.6) is 0 Å². The van der Waals surface area contributed by atoms with Gasteiger partial charge >= 0.3 is 0 Å². The summed E-state index contributed by atoms with van der Waals surface area (Å²) in [6.45, 7) is 0. The standard InChI is InChI=1S/C3H7NS/c1-4-2-3-5-4/h2-3H,5H2,1H3. The molecular formula is C3H7NS. The van der Waals surface area contributed by atoms with Gasteiger partial charge in [-0.2, -0.15) is 11.9 Å². The van der Waals surface area contributed by atoms with Gasteiger partial charge in [0.25, 0.3) is 0 Å². The zero-order valence-electron chi connectivity index (χ0n) is 3.10. The smallest absolute Gasteiger partial charge is 0.0158 e. The van der Waals surface area contributed by atoms with Crippen LogP contribution in [-0.4, -0.2) is 11.4 Å². The zero-order chi connectivity index (χ0) is 3.70. The van der Waals surface area contributed by atoms with E-state index < -0.39 is 0 Å². The molecular weight excluding hydrogens is 82.1 g/mol. The maximum atomic E-state index is 2.15. The van der Waals surface area contributed by atoms with Crippen molar-refractivity contribution in [2.75, 3.05) is 7.05 Å². The summed E-state index contributed by atoms with van der Waals surface area (Å²) < 4.78 is 2.15. The van der Waals surface area contributed by atoms with Gasteiger partial charge in [-0.3, -0.25) is 0 Å². The first-order valence-electron chi connectivity index (χ1n) is 1.55. The second kappa shape index (κ2) is 0.937. The molecule has 0 fully saturated rings. The molecule has 0 aliphatic carbocycles. The summed E-state index contributed by atoms with van der Waals surface area (Å²) >= 11 is 0.948. The summed E-state index contributed by atoms with van der Waals surface area (Å²) in [6, 6.07) is 0. The van der Waals surface area contributed by atoms with Gasteiger partial charge in [-0.05, 0) is 5.41 Å². The minimum absolute atomic E-state index is 0.948. The predicted octanol–water partition coefficient (Wildman–Crippen LogP) is 0.516. The van der Waals surface area contributed by atoms with E-state index >= 15 is 0 Å². The molecule has 1 heterocycles. The van der Waals surface area contributed by atoms with Crippen LogP contribution in [0.1, 0.15) is 0 Å². The third-order valence-electron chi connectivity index (χ3n) is 0.576. The summed E-state index contributed by atoms with van der Waals surface area (Å²) in [5.74, 6) is 0. The fourth-order valence-electron chi connectivity index (χ4n) is 0.224. The molecule has 0 N–H and O–H groups in total. The maximum absolute atomic E-state index is 2.15. The van der Waals surface area contributed by atoms with Crippen LogP contribution in [0, 0.1) is 0 Å². The summed E-state index contributed by atoms with van der Waals surface area (Å²) in [5, 5.41) is 2.15.